The van der Waals surface area contributed by atoms with Gasteiger partial charge in [-0.2, -0.15) is 5.10 Å². The number of rotatable bonds is 4. The molecular weight excluding hydrogens is 359 g/mol. The lowest BCUT2D eigenvalue weighted by Crippen LogP contribution is -2.47. The van der Waals surface area contributed by atoms with Crippen molar-refractivity contribution >= 4 is 5.91 Å². The summed E-state index contributed by atoms with van der Waals surface area (Å²) >= 11 is 0. The quantitative estimate of drug-likeness (QED) is 0.808. The second-order valence-corrected chi connectivity index (χ2v) is 6.99. The molecule has 1 amide bonds. The Morgan fingerprint density at radius 1 is 1.19 bits per heavy atom. The third-order valence-electron chi connectivity index (χ3n) is 4.75. The number of halogens is 3. The molecule has 0 spiro atoms. The van der Waals surface area contributed by atoms with E-state index in [1.807, 2.05) is 6.92 Å². The highest BCUT2D eigenvalue weighted by molar-refractivity contribution is 5.92. The van der Waals surface area contributed by atoms with Crippen molar-refractivity contribution in [1.29, 1.82) is 0 Å². The van der Waals surface area contributed by atoms with E-state index in [0.717, 1.165) is 24.1 Å². The van der Waals surface area contributed by atoms with Crippen LogP contribution in [0, 0.1) is 6.92 Å². The third kappa shape index (κ3) is 4.56. The highest BCUT2D eigenvalue weighted by Gasteiger charge is 2.40. The zero-order valence-electron chi connectivity index (χ0n) is 15.1. The number of alkyl halides is 3. The SMILES string of the molecule is Cc1ccc(C(=O)N2CCCC2(C)Cc2ccc(OC(F)(F)F)cc2)nn1. The highest BCUT2D eigenvalue weighted by Crippen LogP contribution is 2.34. The maximum atomic E-state index is 12.9. The lowest BCUT2D eigenvalue weighted by Gasteiger charge is -2.35. The van der Waals surface area contributed by atoms with Crippen LogP contribution < -0.4 is 4.74 Å². The maximum Gasteiger partial charge on any atom is 0.573 e. The van der Waals surface area contributed by atoms with Gasteiger partial charge in [0.25, 0.3) is 5.91 Å². The Hall–Kier alpha value is -2.64. The van der Waals surface area contributed by atoms with Crippen LogP contribution in [-0.4, -0.2) is 39.5 Å². The maximum absolute atomic E-state index is 12.9. The largest absolute Gasteiger partial charge is 0.573 e. The van der Waals surface area contributed by atoms with E-state index in [1.54, 1.807) is 36.1 Å². The van der Waals surface area contributed by atoms with Gasteiger partial charge in [0.15, 0.2) is 5.69 Å². The lowest BCUT2D eigenvalue weighted by atomic mass is 9.90. The van der Waals surface area contributed by atoms with Gasteiger partial charge in [-0.3, -0.25) is 4.79 Å². The molecule has 0 bridgehead atoms. The van der Waals surface area contributed by atoms with Gasteiger partial charge < -0.3 is 9.64 Å². The molecule has 0 saturated carbocycles. The predicted octanol–water partition coefficient (Wildman–Crippen LogP) is 3.92. The molecule has 1 saturated heterocycles. The number of benzene rings is 1. The first-order valence-electron chi connectivity index (χ1n) is 8.63. The molecular formula is C19H20F3N3O2. The molecule has 0 N–H and O–H groups in total. The Morgan fingerprint density at radius 2 is 1.89 bits per heavy atom. The zero-order chi connectivity index (χ0) is 19.7. The van der Waals surface area contributed by atoms with Crippen molar-refractivity contribution in [2.24, 2.45) is 0 Å². The van der Waals surface area contributed by atoms with E-state index in [9.17, 15) is 18.0 Å². The van der Waals surface area contributed by atoms with Gasteiger partial charge in [-0.25, -0.2) is 0 Å². The number of ether oxygens (including phenoxy) is 1. The second-order valence-electron chi connectivity index (χ2n) is 6.99. The summed E-state index contributed by atoms with van der Waals surface area (Å²) in [6.45, 7) is 4.40. The molecule has 3 rings (SSSR count). The average Bonchev–Trinajstić information content (AvgIpc) is 2.97. The molecule has 1 unspecified atom stereocenters. The van der Waals surface area contributed by atoms with Crippen molar-refractivity contribution in [1.82, 2.24) is 15.1 Å². The standard InChI is InChI=1S/C19H20F3N3O2/c1-13-4-9-16(24-23-13)17(26)25-11-3-10-18(25,2)12-14-5-7-15(8-6-14)27-19(20,21)22/h4-9H,3,10-12H2,1-2H3. The Kier molecular flexibility index (Phi) is 5.08. The van der Waals surface area contributed by atoms with Gasteiger partial charge in [0.2, 0.25) is 0 Å². The van der Waals surface area contributed by atoms with Gasteiger partial charge in [-0.05, 0) is 62.9 Å². The molecule has 1 aromatic heterocycles. The molecule has 0 radical (unpaired) electrons. The molecule has 1 atom stereocenters. The van der Waals surface area contributed by atoms with Crippen molar-refractivity contribution < 1.29 is 22.7 Å². The molecule has 144 valence electrons. The first-order valence-corrected chi connectivity index (χ1v) is 8.63. The van der Waals surface area contributed by atoms with Gasteiger partial charge in [0, 0.05) is 12.1 Å². The molecule has 1 aliphatic rings. The van der Waals surface area contributed by atoms with Crippen LogP contribution in [0.15, 0.2) is 36.4 Å². The van der Waals surface area contributed by atoms with Crippen molar-refractivity contribution in [3.05, 3.63) is 53.3 Å². The van der Waals surface area contributed by atoms with E-state index in [-0.39, 0.29) is 11.7 Å². The fourth-order valence-electron chi connectivity index (χ4n) is 3.45. The molecule has 1 aromatic carbocycles. The van der Waals surface area contributed by atoms with E-state index in [2.05, 4.69) is 14.9 Å². The van der Waals surface area contributed by atoms with Gasteiger partial charge in [0.05, 0.1) is 5.69 Å². The van der Waals surface area contributed by atoms with Crippen molar-refractivity contribution in [2.45, 2.75) is 45.0 Å². The van der Waals surface area contributed by atoms with E-state index in [4.69, 9.17) is 0 Å². The number of carbonyl (C=O) groups is 1. The fraction of sp³-hybridized carbons (Fsp3) is 0.421. The third-order valence-corrected chi connectivity index (χ3v) is 4.75. The summed E-state index contributed by atoms with van der Waals surface area (Å²) in [5, 5.41) is 7.92. The van der Waals surface area contributed by atoms with Gasteiger partial charge >= 0.3 is 6.36 Å². The molecule has 1 fully saturated rings. The number of aryl methyl sites for hydroxylation is 1. The molecule has 2 aromatic rings. The number of hydrogen-bond donors (Lipinski definition) is 0. The number of amides is 1. The first-order chi connectivity index (χ1) is 12.7. The molecule has 0 aliphatic carbocycles. The highest BCUT2D eigenvalue weighted by atomic mass is 19.4. The number of hydrogen-bond acceptors (Lipinski definition) is 4. The van der Waals surface area contributed by atoms with Crippen molar-refractivity contribution in [3.63, 3.8) is 0 Å². The smallest absolute Gasteiger partial charge is 0.406 e. The fourth-order valence-corrected chi connectivity index (χ4v) is 3.45. The van der Waals surface area contributed by atoms with Crippen LogP contribution in [0.25, 0.3) is 0 Å². The number of carbonyl (C=O) groups excluding carboxylic acids is 1. The minimum Gasteiger partial charge on any atom is -0.406 e. The van der Waals surface area contributed by atoms with E-state index in [0.29, 0.717) is 18.7 Å². The summed E-state index contributed by atoms with van der Waals surface area (Å²) in [4.78, 5) is 14.6. The molecule has 2 heterocycles. The molecule has 8 heteroatoms. The predicted molar refractivity (Wildman–Crippen MR) is 92.3 cm³/mol. The summed E-state index contributed by atoms with van der Waals surface area (Å²) in [6.07, 6.45) is -2.52. The van der Waals surface area contributed by atoms with E-state index in [1.165, 1.54) is 12.1 Å². The summed E-state index contributed by atoms with van der Waals surface area (Å²) in [7, 11) is 0. The van der Waals surface area contributed by atoms with Gasteiger partial charge in [0.1, 0.15) is 5.75 Å². The lowest BCUT2D eigenvalue weighted by molar-refractivity contribution is -0.274. The minimum atomic E-state index is -4.71. The monoisotopic (exact) mass is 379 g/mol. The Morgan fingerprint density at radius 3 is 2.48 bits per heavy atom. The van der Waals surface area contributed by atoms with Crippen LogP contribution in [0.1, 0.15) is 41.5 Å². The average molecular weight is 379 g/mol. The van der Waals surface area contributed by atoms with Crippen LogP contribution in [0.3, 0.4) is 0 Å². The molecule has 5 nitrogen and oxygen atoms in total. The van der Waals surface area contributed by atoms with Gasteiger partial charge in [-0.15, -0.1) is 18.3 Å². The Labute approximate surface area is 155 Å². The zero-order valence-corrected chi connectivity index (χ0v) is 15.1. The van der Waals surface area contributed by atoms with Crippen LogP contribution in [0.4, 0.5) is 13.2 Å². The van der Waals surface area contributed by atoms with Gasteiger partial charge in [-0.1, -0.05) is 12.1 Å². The number of likely N-dealkylation sites (tertiary alicyclic amines) is 1. The van der Waals surface area contributed by atoms with Crippen LogP contribution in [0.2, 0.25) is 0 Å². The molecule has 1 aliphatic heterocycles. The first kappa shape index (κ1) is 19.1. The summed E-state index contributed by atoms with van der Waals surface area (Å²) in [5.41, 5.74) is 1.43. The summed E-state index contributed by atoms with van der Waals surface area (Å²) < 4.78 is 40.7. The minimum absolute atomic E-state index is 0.181. The van der Waals surface area contributed by atoms with Crippen LogP contribution in [-0.2, 0) is 6.42 Å². The van der Waals surface area contributed by atoms with E-state index < -0.39 is 11.9 Å². The van der Waals surface area contributed by atoms with Crippen molar-refractivity contribution in [3.8, 4) is 5.75 Å². The Balaban J connectivity index is 1.74. The van der Waals surface area contributed by atoms with Crippen LogP contribution in [0.5, 0.6) is 5.75 Å². The second kappa shape index (κ2) is 7.17. The summed E-state index contributed by atoms with van der Waals surface area (Å²) in [6, 6.07) is 9.18. The van der Waals surface area contributed by atoms with Crippen LogP contribution >= 0.6 is 0 Å². The normalized spacial score (nSPS) is 20.0. The Bertz CT molecular complexity index is 806. The number of aromatic nitrogens is 2. The topological polar surface area (TPSA) is 55.3 Å². The van der Waals surface area contributed by atoms with Crippen molar-refractivity contribution in [2.75, 3.05) is 6.54 Å². The molecule has 27 heavy (non-hydrogen) atoms. The number of nitrogens with zero attached hydrogens (tertiary/aromatic N) is 3. The van der Waals surface area contributed by atoms with E-state index >= 15 is 0 Å². The summed E-state index contributed by atoms with van der Waals surface area (Å²) in [5.74, 6) is -0.440.